The maximum atomic E-state index is 5.52. The van der Waals surface area contributed by atoms with Gasteiger partial charge in [-0.1, -0.05) is 17.4 Å². The Kier molecular flexibility index (Phi) is 2.96. The van der Waals surface area contributed by atoms with Crippen molar-refractivity contribution in [2.24, 2.45) is 0 Å². The highest BCUT2D eigenvalue weighted by Gasteiger charge is 2.03. The lowest BCUT2D eigenvalue weighted by atomic mass is 10.6. The van der Waals surface area contributed by atoms with Crippen LogP contribution in [0.15, 0.2) is 16.9 Å². The number of hydrogen-bond acceptors (Lipinski definition) is 4. The molecule has 1 aromatic rings. The molecule has 0 unspecified atom stereocenters. The maximum absolute atomic E-state index is 5.52. The fourth-order valence-corrected chi connectivity index (χ4v) is 2.46. The van der Waals surface area contributed by atoms with Crippen LogP contribution in [0, 0.1) is 6.92 Å². The molecule has 2 nitrogen and oxygen atoms in total. The van der Waals surface area contributed by atoms with Gasteiger partial charge in [0.05, 0.1) is 9.90 Å². The molecule has 4 heteroatoms. The van der Waals surface area contributed by atoms with E-state index >= 15 is 0 Å². The summed E-state index contributed by atoms with van der Waals surface area (Å²) in [5.74, 6) is 0.919. The van der Waals surface area contributed by atoms with Gasteiger partial charge in [-0.2, -0.15) is 0 Å². The summed E-state index contributed by atoms with van der Waals surface area (Å²) in [6, 6.07) is 0. The van der Waals surface area contributed by atoms with Crippen molar-refractivity contribution in [3.05, 3.63) is 18.3 Å². The highest BCUT2D eigenvalue weighted by atomic mass is 32.2. The molecule has 0 radical (unpaired) electrons. The number of nitrogens with zero attached hydrogens (tertiary/aromatic N) is 1. The van der Waals surface area contributed by atoms with Crippen molar-refractivity contribution in [1.29, 1.82) is 0 Å². The van der Waals surface area contributed by atoms with Crippen LogP contribution in [0.5, 0.6) is 0 Å². The van der Waals surface area contributed by atoms with Crippen LogP contribution in [-0.2, 0) is 0 Å². The van der Waals surface area contributed by atoms with Crippen LogP contribution < -0.4 is 5.73 Å². The summed E-state index contributed by atoms with van der Waals surface area (Å²) in [5.41, 5.74) is 6.55. The first-order chi connectivity index (χ1) is 5.24. The van der Waals surface area contributed by atoms with Crippen molar-refractivity contribution < 1.29 is 0 Å². The first-order valence-corrected chi connectivity index (χ1v) is 5.01. The Morgan fingerprint density at radius 3 is 3.00 bits per heavy atom. The second-order valence-corrected chi connectivity index (χ2v) is 4.34. The number of nitrogens with two attached hydrogens (primary N) is 1. The first kappa shape index (κ1) is 8.62. The van der Waals surface area contributed by atoms with Crippen molar-refractivity contribution in [2.45, 2.75) is 11.1 Å². The van der Waals surface area contributed by atoms with E-state index in [2.05, 4.69) is 11.6 Å². The monoisotopic (exact) mass is 186 g/mol. The molecular weight excluding hydrogens is 176 g/mol. The van der Waals surface area contributed by atoms with Gasteiger partial charge in [-0.25, -0.2) is 4.98 Å². The molecule has 0 fully saturated rings. The third-order valence-corrected chi connectivity index (χ3v) is 3.45. The molecule has 1 heterocycles. The number of anilines is 1. The molecule has 0 aliphatic carbocycles. The molecule has 0 atom stereocenters. The van der Waals surface area contributed by atoms with Gasteiger partial charge in [0.25, 0.3) is 0 Å². The van der Waals surface area contributed by atoms with Gasteiger partial charge in [0, 0.05) is 5.75 Å². The maximum Gasteiger partial charge on any atom is 0.181 e. The molecule has 1 aromatic heterocycles. The number of aryl methyl sites for hydroxylation is 1. The number of nitrogen functional groups attached to an aromatic ring is 1. The van der Waals surface area contributed by atoms with E-state index in [0.29, 0.717) is 5.13 Å². The summed E-state index contributed by atoms with van der Waals surface area (Å²) in [7, 11) is 0. The number of hydrogen-bond donors (Lipinski definition) is 1. The Balaban J connectivity index is 2.69. The molecule has 0 aliphatic heterocycles. The number of rotatable bonds is 3. The second-order valence-electron chi connectivity index (χ2n) is 2.02. The van der Waals surface area contributed by atoms with Crippen LogP contribution in [-0.4, -0.2) is 10.7 Å². The largest absolute Gasteiger partial charge is 0.375 e. The second kappa shape index (κ2) is 3.78. The zero-order valence-corrected chi connectivity index (χ0v) is 7.97. The standard InChI is InChI=1S/C7H10N2S2/c1-3-4-10-6-5(2)9-7(8)11-6/h3H,1,4H2,2H3,(H2,8,9). The SMILES string of the molecule is C=CCSc1sc(N)nc1C. The topological polar surface area (TPSA) is 38.9 Å². The normalized spacial score (nSPS) is 9.91. The smallest absolute Gasteiger partial charge is 0.181 e. The molecule has 11 heavy (non-hydrogen) atoms. The van der Waals surface area contributed by atoms with E-state index in [1.807, 2.05) is 13.0 Å². The van der Waals surface area contributed by atoms with Gasteiger partial charge in [-0.05, 0) is 6.92 Å². The summed E-state index contributed by atoms with van der Waals surface area (Å²) < 4.78 is 1.20. The van der Waals surface area contributed by atoms with E-state index in [9.17, 15) is 0 Å². The quantitative estimate of drug-likeness (QED) is 0.581. The summed E-state index contributed by atoms with van der Waals surface area (Å²) in [6.45, 7) is 5.61. The third kappa shape index (κ3) is 2.24. The van der Waals surface area contributed by atoms with E-state index in [0.717, 1.165) is 11.4 Å². The van der Waals surface area contributed by atoms with Crippen molar-refractivity contribution in [1.82, 2.24) is 4.98 Å². The number of thioether (sulfide) groups is 1. The average Bonchev–Trinajstić information content (AvgIpc) is 2.26. The van der Waals surface area contributed by atoms with Gasteiger partial charge >= 0.3 is 0 Å². The highest BCUT2D eigenvalue weighted by molar-refractivity contribution is 8.01. The van der Waals surface area contributed by atoms with Gasteiger partial charge in [0.15, 0.2) is 5.13 Å². The molecule has 0 bridgehead atoms. The molecule has 60 valence electrons. The van der Waals surface area contributed by atoms with Crippen LogP contribution in [0.4, 0.5) is 5.13 Å². The molecule has 0 aliphatic rings. The molecule has 0 aromatic carbocycles. The first-order valence-electron chi connectivity index (χ1n) is 3.20. The van der Waals surface area contributed by atoms with Crippen molar-refractivity contribution in [3.8, 4) is 0 Å². The van der Waals surface area contributed by atoms with E-state index in [1.54, 1.807) is 11.8 Å². The predicted molar refractivity (Wildman–Crippen MR) is 52.2 cm³/mol. The van der Waals surface area contributed by atoms with Gasteiger partial charge in [0.2, 0.25) is 0 Å². The lowest BCUT2D eigenvalue weighted by Crippen LogP contribution is -1.80. The average molecular weight is 186 g/mol. The number of thiazole rings is 1. The Labute approximate surface area is 74.5 Å². The van der Waals surface area contributed by atoms with Crippen LogP contribution in [0.25, 0.3) is 0 Å². The van der Waals surface area contributed by atoms with Gasteiger partial charge < -0.3 is 5.73 Å². The zero-order chi connectivity index (χ0) is 8.27. The Hall–Kier alpha value is -0.480. The Morgan fingerprint density at radius 2 is 2.55 bits per heavy atom. The van der Waals surface area contributed by atoms with Gasteiger partial charge in [-0.15, -0.1) is 18.3 Å². The Bertz CT molecular complexity index is 255. The minimum atomic E-state index is 0.647. The molecule has 1 rings (SSSR count). The molecule has 0 amide bonds. The predicted octanol–water partition coefficient (Wildman–Crippen LogP) is 2.31. The van der Waals surface area contributed by atoms with Crippen LogP contribution in [0.3, 0.4) is 0 Å². The van der Waals surface area contributed by atoms with Crippen molar-refractivity contribution in [3.63, 3.8) is 0 Å². The summed E-state index contributed by atoms with van der Waals surface area (Å²) in [4.78, 5) is 4.11. The van der Waals surface area contributed by atoms with Gasteiger partial charge in [-0.3, -0.25) is 0 Å². The van der Waals surface area contributed by atoms with Crippen molar-refractivity contribution >= 4 is 28.2 Å². The van der Waals surface area contributed by atoms with Crippen LogP contribution >= 0.6 is 23.1 Å². The van der Waals surface area contributed by atoms with Crippen LogP contribution in [0.1, 0.15) is 5.69 Å². The summed E-state index contributed by atoms with van der Waals surface area (Å²) in [6.07, 6.45) is 1.88. The molecule has 0 saturated carbocycles. The van der Waals surface area contributed by atoms with E-state index in [4.69, 9.17) is 5.73 Å². The third-order valence-electron chi connectivity index (χ3n) is 1.10. The van der Waals surface area contributed by atoms with E-state index in [1.165, 1.54) is 15.5 Å². The molecular formula is C7H10N2S2. The fraction of sp³-hybridized carbons (Fsp3) is 0.286. The van der Waals surface area contributed by atoms with Crippen LogP contribution in [0.2, 0.25) is 0 Å². The summed E-state index contributed by atoms with van der Waals surface area (Å²) >= 11 is 3.26. The lowest BCUT2D eigenvalue weighted by molar-refractivity contribution is 1.21. The molecule has 2 N–H and O–H groups in total. The number of aromatic nitrogens is 1. The highest BCUT2D eigenvalue weighted by Crippen LogP contribution is 2.30. The molecule has 0 spiro atoms. The van der Waals surface area contributed by atoms with E-state index < -0.39 is 0 Å². The lowest BCUT2D eigenvalue weighted by Gasteiger charge is -1.91. The zero-order valence-electron chi connectivity index (χ0n) is 6.33. The van der Waals surface area contributed by atoms with Gasteiger partial charge in [0.1, 0.15) is 0 Å². The van der Waals surface area contributed by atoms with E-state index in [-0.39, 0.29) is 0 Å². The Morgan fingerprint density at radius 1 is 1.82 bits per heavy atom. The minimum absolute atomic E-state index is 0.647. The van der Waals surface area contributed by atoms with Crippen molar-refractivity contribution in [2.75, 3.05) is 11.5 Å². The fourth-order valence-electron chi connectivity index (χ4n) is 0.671. The molecule has 0 saturated heterocycles. The minimum Gasteiger partial charge on any atom is -0.375 e. The summed E-state index contributed by atoms with van der Waals surface area (Å²) in [5, 5.41) is 0.647.